The fraction of sp³-hybridized carbons (Fsp3) is 0.100. The standard InChI is InChI=1S/C10H7Cl2N3O2/c11-8-4-2-1-3-7(8)5-14-6-9(15(16)17)13-10(14)12/h1-4,6H,5H2. The van der Waals surface area contributed by atoms with Crippen LogP contribution in [0.5, 0.6) is 0 Å². The molecule has 0 saturated heterocycles. The van der Waals surface area contributed by atoms with Gasteiger partial charge in [0.1, 0.15) is 6.20 Å². The Morgan fingerprint density at radius 1 is 1.35 bits per heavy atom. The topological polar surface area (TPSA) is 61.0 Å². The van der Waals surface area contributed by atoms with Crippen molar-refractivity contribution in [2.45, 2.75) is 6.54 Å². The SMILES string of the molecule is O=[N+]([O-])c1cn(Cc2ccccc2Cl)c(Cl)n1. The number of rotatable bonds is 3. The van der Waals surface area contributed by atoms with Crippen LogP contribution in [0.3, 0.4) is 0 Å². The molecule has 1 aromatic carbocycles. The van der Waals surface area contributed by atoms with Crippen molar-refractivity contribution in [1.29, 1.82) is 0 Å². The van der Waals surface area contributed by atoms with E-state index in [1.165, 1.54) is 10.8 Å². The predicted octanol–water partition coefficient (Wildman–Crippen LogP) is 3.15. The van der Waals surface area contributed by atoms with E-state index in [9.17, 15) is 10.1 Å². The fourth-order valence-corrected chi connectivity index (χ4v) is 1.78. The maximum atomic E-state index is 10.5. The summed E-state index contributed by atoms with van der Waals surface area (Å²) in [5.41, 5.74) is 0.823. The number of nitrogens with zero attached hydrogens (tertiary/aromatic N) is 3. The molecule has 2 aromatic rings. The molecule has 0 aliphatic heterocycles. The lowest BCUT2D eigenvalue weighted by atomic mass is 10.2. The Kier molecular flexibility index (Phi) is 3.31. The second kappa shape index (κ2) is 4.73. The Morgan fingerprint density at radius 2 is 2.06 bits per heavy atom. The van der Waals surface area contributed by atoms with E-state index in [2.05, 4.69) is 4.98 Å². The summed E-state index contributed by atoms with van der Waals surface area (Å²) in [6, 6.07) is 7.21. The number of nitro groups is 1. The highest BCUT2D eigenvalue weighted by molar-refractivity contribution is 6.31. The van der Waals surface area contributed by atoms with Gasteiger partial charge in [0.2, 0.25) is 0 Å². The highest BCUT2D eigenvalue weighted by Crippen LogP contribution is 2.21. The first-order valence-electron chi connectivity index (χ1n) is 4.68. The second-order valence-electron chi connectivity index (χ2n) is 3.34. The number of aromatic nitrogens is 2. The Morgan fingerprint density at radius 3 is 2.65 bits per heavy atom. The van der Waals surface area contributed by atoms with E-state index in [1.54, 1.807) is 6.07 Å². The van der Waals surface area contributed by atoms with Gasteiger partial charge in [0.05, 0.1) is 6.54 Å². The van der Waals surface area contributed by atoms with Crippen LogP contribution in [0.15, 0.2) is 30.5 Å². The van der Waals surface area contributed by atoms with Crippen molar-refractivity contribution < 1.29 is 4.92 Å². The van der Waals surface area contributed by atoms with Gasteiger partial charge in [-0.2, -0.15) is 0 Å². The molecule has 88 valence electrons. The van der Waals surface area contributed by atoms with Gasteiger partial charge in [0.15, 0.2) is 0 Å². The molecule has 0 aliphatic rings. The second-order valence-corrected chi connectivity index (χ2v) is 4.09. The quantitative estimate of drug-likeness (QED) is 0.637. The summed E-state index contributed by atoms with van der Waals surface area (Å²) in [7, 11) is 0. The van der Waals surface area contributed by atoms with Crippen LogP contribution in [-0.4, -0.2) is 14.5 Å². The summed E-state index contributed by atoms with van der Waals surface area (Å²) < 4.78 is 1.47. The minimum absolute atomic E-state index is 0.0663. The molecule has 0 spiro atoms. The largest absolute Gasteiger partial charge is 0.383 e. The maximum Gasteiger partial charge on any atom is 0.383 e. The van der Waals surface area contributed by atoms with Gasteiger partial charge in [-0.15, -0.1) is 0 Å². The van der Waals surface area contributed by atoms with Crippen molar-refractivity contribution in [1.82, 2.24) is 9.55 Å². The van der Waals surface area contributed by atoms with Crippen LogP contribution in [0, 0.1) is 10.1 Å². The highest BCUT2D eigenvalue weighted by Gasteiger charge is 2.17. The molecule has 7 heteroatoms. The van der Waals surface area contributed by atoms with Crippen LogP contribution in [0.2, 0.25) is 10.3 Å². The molecule has 1 heterocycles. The summed E-state index contributed by atoms with van der Waals surface area (Å²) in [6.45, 7) is 0.347. The van der Waals surface area contributed by atoms with E-state index < -0.39 is 4.92 Å². The van der Waals surface area contributed by atoms with Crippen LogP contribution >= 0.6 is 23.2 Å². The first kappa shape index (κ1) is 11.9. The number of benzene rings is 1. The fourth-order valence-electron chi connectivity index (χ4n) is 1.39. The summed E-state index contributed by atoms with van der Waals surface area (Å²) >= 11 is 11.8. The van der Waals surface area contributed by atoms with Crippen LogP contribution < -0.4 is 0 Å². The Hall–Kier alpha value is -1.59. The molecule has 0 atom stereocenters. The van der Waals surface area contributed by atoms with Crippen LogP contribution in [0.4, 0.5) is 5.82 Å². The van der Waals surface area contributed by atoms with Crippen LogP contribution in [0.25, 0.3) is 0 Å². The zero-order chi connectivity index (χ0) is 12.4. The van der Waals surface area contributed by atoms with Gasteiger partial charge in [-0.3, -0.25) is 4.57 Å². The lowest BCUT2D eigenvalue weighted by Crippen LogP contribution is -1.98. The average molecular weight is 272 g/mol. The van der Waals surface area contributed by atoms with Gasteiger partial charge >= 0.3 is 11.1 Å². The molecule has 1 aromatic heterocycles. The summed E-state index contributed by atoms with van der Waals surface area (Å²) in [4.78, 5) is 13.6. The minimum Gasteiger partial charge on any atom is -0.358 e. The van der Waals surface area contributed by atoms with Crippen LogP contribution in [-0.2, 0) is 6.54 Å². The van der Waals surface area contributed by atoms with Gasteiger partial charge in [-0.1, -0.05) is 29.8 Å². The lowest BCUT2D eigenvalue weighted by molar-refractivity contribution is -0.389. The van der Waals surface area contributed by atoms with Gasteiger partial charge in [-0.25, -0.2) is 0 Å². The summed E-state index contributed by atoms with van der Waals surface area (Å²) in [5, 5.41) is 11.2. The third-order valence-corrected chi connectivity index (χ3v) is 2.87. The summed E-state index contributed by atoms with van der Waals surface area (Å²) in [6.07, 6.45) is 1.28. The summed E-state index contributed by atoms with van der Waals surface area (Å²) in [5.74, 6) is -0.276. The van der Waals surface area contributed by atoms with E-state index in [-0.39, 0.29) is 11.1 Å². The van der Waals surface area contributed by atoms with Gasteiger partial charge in [0.25, 0.3) is 0 Å². The first-order valence-corrected chi connectivity index (χ1v) is 5.44. The molecular formula is C10H7Cl2N3O2. The molecule has 0 unspecified atom stereocenters. The predicted molar refractivity (Wildman–Crippen MR) is 64.4 cm³/mol. The zero-order valence-corrected chi connectivity index (χ0v) is 10.0. The molecule has 17 heavy (non-hydrogen) atoms. The monoisotopic (exact) mass is 271 g/mol. The van der Waals surface area contributed by atoms with Crippen molar-refractivity contribution in [3.8, 4) is 0 Å². The van der Waals surface area contributed by atoms with Gasteiger partial charge < -0.3 is 10.1 Å². The maximum absolute atomic E-state index is 10.5. The molecule has 0 aliphatic carbocycles. The average Bonchev–Trinajstić information content (AvgIpc) is 2.64. The molecule has 0 bridgehead atoms. The molecule has 5 nitrogen and oxygen atoms in total. The van der Waals surface area contributed by atoms with Gasteiger partial charge in [0, 0.05) is 5.02 Å². The zero-order valence-electron chi connectivity index (χ0n) is 8.51. The van der Waals surface area contributed by atoms with E-state index in [0.29, 0.717) is 11.6 Å². The van der Waals surface area contributed by atoms with Crippen molar-refractivity contribution in [3.05, 3.63) is 56.4 Å². The molecule has 0 N–H and O–H groups in total. The number of hydrogen-bond donors (Lipinski definition) is 0. The molecule has 2 rings (SSSR count). The minimum atomic E-state index is -0.588. The van der Waals surface area contributed by atoms with Crippen molar-refractivity contribution >= 4 is 29.0 Å². The number of imidazole rings is 1. The Labute approximate surface area is 107 Å². The van der Waals surface area contributed by atoms with Crippen molar-refractivity contribution in [2.24, 2.45) is 0 Å². The van der Waals surface area contributed by atoms with Crippen molar-refractivity contribution in [3.63, 3.8) is 0 Å². The number of hydrogen-bond acceptors (Lipinski definition) is 3. The van der Waals surface area contributed by atoms with E-state index in [0.717, 1.165) is 5.56 Å². The smallest absolute Gasteiger partial charge is 0.358 e. The third kappa shape index (κ3) is 2.57. The molecule has 0 saturated carbocycles. The van der Waals surface area contributed by atoms with Crippen LogP contribution in [0.1, 0.15) is 5.56 Å². The third-order valence-electron chi connectivity index (χ3n) is 2.20. The van der Waals surface area contributed by atoms with E-state index in [1.807, 2.05) is 18.2 Å². The Balaban J connectivity index is 2.30. The molecule has 0 radical (unpaired) electrons. The highest BCUT2D eigenvalue weighted by atomic mass is 35.5. The van der Waals surface area contributed by atoms with E-state index in [4.69, 9.17) is 23.2 Å². The van der Waals surface area contributed by atoms with E-state index >= 15 is 0 Å². The normalized spacial score (nSPS) is 10.5. The molecule has 0 amide bonds. The van der Waals surface area contributed by atoms with Gasteiger partial charge in [-0.05, 0) is 33.1 Å². The molecular weight excluding hydrogens is 265 g/mol. The molecule has 0 fully saturated rings. The first-order chi connectivity index (χ1) is 8.08. The Bertz CT molecular complexity index is 568. The number of halogens is 2. The van der Waals surface area contributed by atoms with Crippen molar-refractivity contribution in [2.75, 3.05) is 0 Å². The lowest BCUT2D eigenvalue weighted by Gasteiger charge is -2.03.